The molecule has 1 saturated heterocycles. The highest BCUT2D eigenvalue weighted by atomic mass is 32.1. The van der Waals surface area contributed by atoms with Gasteiger partial charge < -0.3 is 10.2 Å². The second-order valence-electron chi connectivity index (χ2n) is 6.28. The molecule has 1 aliphatic rings. The van der Waals surface area contributed by atoms with Gasteiger partial charge in [0.05, 0.1) is 15.2 Å². The topological polar surface area (TPSA) is 45.2 Å². The predicted octanol–water partition coefficient (Wildman–Crippen LogP) is 3.08. The molecule has 1 atom stereocenters. The number of aryl methyl sites for hydroxylation is 1. The molecule has 3 rings (SSSR count). The minimum absolute atomic E-state index is 0.151. The fraction of sp³-hybridized carbons (Fsp3) is 0.556. The molecule has 0 saturated carbocycles. The third-order valence-electron chi connectivity index (χ3n) is 4.54. The quantitative estimate of drug-likeness (QED) is 0.885. The van der Waals surface area contributed by atoms with Gasteiger partial charge in [0.1, 0.15) is 0 Å². The molecule has 1 aromatic heterocycles. The summed E-state index contributed by atoms with van der Waals surface area (Å²) < 4.78 is 1.20. The maximum absolute atomic E-state index is 12.1. The van der Waals surface area contributed by atoms with E-state index in [0.29, 0.717) is 12.3 Å². The Labute approximate surface area is 141 Å². The summed E-state index contributed by atoms with van der Waals surface area (Å²) in [7, 11) is 0. The number of thiazole rings is 1. The summed E-state index contributed by atoms with van der Waals surface area (Å²) in [5.41, 5.74) is 1.04. The van der Waals surface area contributed by atoms with Crippen LogP contribution in [0.25, 0.3) is 10.2 Å². The van der Waals surface area contributed by atoms with Crippen molar-refractivity contribution in [3.8, 4) is 0 Å². The third-order valence-corrected chi connectivity index (χ3v) is 5.64. The van der Waals surface area contributed by atoms with Crippen molar-refractivity contribution < 1.29 is 4.79 Å². The third kappa shape index (κ3) is 4.52. The average Bonchev–Trinajstić information content (AvgIpc) is 3.01. The summed E-state index contributed by atoms with van der Waals surface area (Å²) in [6.07, 6.45) is 3.75. The second kappa shape index (κ2) is 7.88. The summed E-state index contributed by atoms with van der Waals surface area (Å²) in [6.45, 7) is 6.46. The number of amides is 1. The number of hydrogen-bond acceptors (Lipinski definition) is 4. The number of rotatable bonds is 6. The highest BCUT2D eigenvalue weighted by molar-refractivity contribution is 7.18. The molecule has 4 nitrogen and oxygen atoms in total. The highest BCUT2D eigenvalue weighted by Crippen LogP contribution is 2.22. The molecule has 1 fully saturated rings. The molecule has 0 radical (unpaired) electrons. The Hall–Kier alpha value is -1.46. The lowest BCUT2D eigenvalue weighted by Crippen LogP contribution is -2.40. The van der Waals surface area contributed by atoms with Crippen LogP contribution in [0.2, 0.25) is 0 Å². The molecule has 1 aromatic carbocycles. The number of nitrogens with zero attached hydrogens (tertiary/aromatic N) is 2. The van der Waals surface area contributed by atoms with Crippen LogP contribution in [0.4, 0.5) is 0 Å². The number of benzene rings is 1. The van der Waals surface area contributed by atoms with E-state index in [-0.39, 0.29) is 5.91 Å². The van der Waals surface area contributed by atoms with Gasteiger partial charge in [0.2, 0.25) is 5.91 Å². The van der Waals surface area contributed by atoms with Crippen LogP contribution in [0.1, 0.15) is 31.2 Å². The maximum atomic E-state index is 12.1. The standard InChI is InChI=1S/C18H25N3OS/c1-2-21-11-5-6-14(13-21)12-19-17(22)9-10-18-20-15-7-3-4-8-16(15)23-18/h3-4,7-8,14H,2,5-6,9-13H2,1H3,(H,19,22). The molecule has 0 spiro atoms. The van der Waals surface area contributed by atoms with Gasteiger partial charge >= 0.3 is 0 Å². The van der Waals surface area contributed by atoms with E-state index in [2.05, 4.69) is 28.2 Å². The molecule has 23 heavy (non-hydrogen) atoms. The van der Waals surface area contributed by atoms with Gasteiger partial charge in [0.15, 0.2) is 0 Å². The summed E-state index contributed by atoms with van der Waals surface area (Å²) in [5.74, 6) is 0.757. The number of hydrogen-bond donors (Lipinski definition) is 1. The van der Waals surface area contributed by atoms with Crippen LogP contribution < -0.4 is 5.32 Å². The lowest BCUT2D eigenvalue weighted by atomic mass is 9.98. The molecule has 0 aliphatic carbocycles. The van der Waals surface area contributed by atoms with Crippen molar-refractivity contribution in [3.05, 3.63) is 29.3 Å². The molecule has 0 bridgehead atoms. The normalized spacial score (nSPS) is 19.1. The number of fused-ring (bicyclic) bond motifs is 1. The highest BCUT2D eigenvalue weighted by Gasteiger charge is 2.19. The number of para-hydroxylation sites is 1. The Balaban J connectivity index is 1.42. The molecule has 1 aliphatic heterocycles. The summed E-state index contributed by atoms with van der Waals surface area (Å²) in [5, 5.41) is 4.16. The summed E-state index contributed by atoms with van der Waals surface area (Å²) in [6, 6.07) is 8.14. The SMILES string of the molecule is CCN1CCCC(CNC(=O)CCc2nc3ccccc3s2)C1. The molecule has 1 unspecified atom stereocenters. The Bertz CT molecular complexity index is 622. The molecule has 5 heteroatoms. The van der Waals surface area contributed by atoms with Crippen molar-refractivity contribution in [1.29, 1.82) is 0 Å². The molecule has 1 amide bonds. The van der Waals surface area contributed by atoms with Gasteiger partial charge in [0, 0.05) is 25.9 Å². The van der Waals surface area contributed by atoms with Gasteiger partial charge in [-0.1, -0.05) is 19.1 Å². The molecular weight excluding hydrogens is 306 g/mol. The van der Waals surface area contributed by atoms with E-state index in [1.165, 1.54) is 24.1 Å². The number of carbonyl (C=O) groups excluding carboxylic acids is 1. The fourth-order valence-corrected chi connectivity index (χ4v) is 4.17. The Kier molecular flexibility index (Phi) is 5.62. The minimum atomic E-state index is 0.151. The smallest absolute Gasteiger partial charge is 0.220 e. The van der Waals surface area contributed by atoms with Crippen LogP contribution in [0.5, 0.6) is 0 Å². The maximum Gasteiger partial charge on any atom is 0.220 e. The van der Waals surface area contributed by atoms with Crippen LogP contribution in [0.15, 0.2) is 24.3 Å². The molecule has 2 heterocycles. The van der Waals surface area contributed by atoms with Crippen molar-refractivity contribution in [2.45, 2.75) is 32.6 Å². The largest absolute Gasteiger partial charge is 0.356 e. The molecular formula is C18H25N3OS. The van der Waals surface area contributed by atoms with Crippen molar-refractivity contribution in [1.82, 2.24) is 15.2 Å². The van der Waals surface area contributed by atoms with Gasteiger partial charge in [-0.2, -0.15) is 0 Å². The van der Waals surface area contributed by atoms with Crippen LogP contribution in [-0.2, 0) is 11.2 Å². The van der Waals surface area contributed by atoms with Crippen molar-refractivity contribution in [2.24, 2.45) is 5.92 Å². The Morgan fingerprint density at radius 1 is 1.43 bits per heavy atom. The van der Waals surface area contributed by atoms with Gasteiger partial charge in [0.25, 0.3) is 0 Å². The van der Waals surface area contributed by atoms with Crippen LogP contribution in [-0.4, -0.2) is 42.0 Å². The van der Waals surface area contributed by atoms with Crippen LogP contribution in [0.3, 0.4) is 0 Å². The zero-order valence-corrected chi connectivity index (χ0v) is 14.6. The number of piperidine rings is 1. The molecule has 124 valence electrons. The lowest BCUT2D eigenvalue weighted by Gasteiger charge is -2.31. The monoisotopic (exact) mass is 331 g/mol. The van der Waals surface area contributed by atoms with E-state index in [4.69, 9.17) is 0 Å². The zero-order chi connectivity index (χ0) is 16.1. The first-order chi connectivity index (χ1) is 11.2. The van der Waals surface area contributed by atoms with E-state index in [1.807, 2.05) is 18.2 Å². The van der Waals surface area contributed by atoms with E-state index in [0.717, 1.165) is 36.6 Å². The number of nitrogens with one attached hydrogen (secondary N) is 1. The molecule has 1 N–H and O–H groups in total. The number of likely N-dealkylation sites (tertiary alicyclic amines) is 1. The number of carbonyl (C=O) groups is 1. The van der Waals surface area contributed by atoms with E-state index in [1.54, 1.807) is 11.3 Å². The van der Waals surface area contributed by atoms with Gasteiger partial charge in [-0.25, -0.2) is 4.98 Å². The van der Waals surface area contributed by atoms with Crippen molar-refractivity contribution >= 4 is 27.5 Å². The summed E-state index contributed by atoms with van der Waals surface area (Å²) in [4.78, 5) is 19.1. The van der Waals surface area contributed by atoms with E-state index < -0.39 is 0 Å². The van der Waals surface area contributed by atoms with Gasteiger partial charge in [-0.3, -0.25) is 4.79 Å². The van der Waals surface area contributed by atoms with Crippen molar-refractivity contribution in [2.75, 3.05) is 26.2 Å². The van der Waals surface area contributed by atoms with Crippen molar-refractivity contribution in [3.63, 3.8) is 0 Å². The van der Waals surface area contributed by atoms with Crippen LogP contribution >= 0.6 is 11.3 Å². The first-order valence-electron chi connectivity index (χ1n) is 8.58. The zero-order valence-electron chi connectivity index (χ0n) is 13.8. The van der Waals surface area contributed by atoms with E-state index >= 15 is 0 Å². The Morgan fingerprint density at radius 3 is 3.13 bits per heavy atom. The Morgan fingerprint density at radius 2 is 2.30 bits per heavy atom. The van der Waals surface area contributed by atoms with E-state index in [9.17, 15) is 4.79 Å². The number of aromatic nitrogens is 1. The second-order valence-corrected chi connectivity index (χ2v) is 7.40. The minimum Gasteiger partial charge on any atom is -0.356 e. The lowest BCUT2D eigenvalue weighted by molar-refractivity contribution is -0.121. The predicted molar refractivity (Wildman–Crippen MR) is 95.8 cm³/mol. The van der Waals surface area contributed by atoms with Gasteiger partial charge in [-0.15, -0.1) is 11.3 Å². The van der Waals surface area contributed by atoms with Gasteiger partial charge in [-0.05, 0) is 44.0 Å². The first-order valence-corrected chi connectivity index (χ1v) is 9.39. The first kappa shape index (κ1) is 16.4. The fourth-order valence-electron chi connectivity index (χ4n) is 3.20. The van der Waals surface area contributed by atoms with Crippen LogP contribution in [0, 0.1) is 5.92 Å². The summed E-state index contributed by atoms with van der Waals surface area (Å²) >= 11 is 1.69. The molecule has 2 aromatic rings. The average molecular weight is 331 g/mol.